The molecule has 0 radical (unpaired) electrons. The molecule has 70 valence electrons. The molecule has 1 aliphatic heterocycles. The molecule has 0 aromatic rings. The smallest absolute Gasteiger partial charge is 0.328 e. The summed E-state index contributed by atoms with van der Waals surface area (Å²) in [5, 5.41) is 9.15. The molecule has 0 amide bonds. The molecule has 0 spiro atoms. The molecule has 12 heavy (non-hydrogen) atoms. The van der Waals surface area contributed by atoms with E-state index in [0.717, 1.165) is 13.0 Å². The first-order chi connectivity index (χ1) is 5.67. The molecule has 1 unspecified atom stereocenters. The highest BCUT2D eigenvalue weighted by molar-refractivity contribution is 5.81. The van der Waals surface area contributed by atoms with Crippen LogP contribution in [0.2, 0.25) is 0 Å². The Labute approximate surface area is 72.1 Å². The quantitative estimate of drug-likeness (QED) is 0.578. The van der Waals surface area contributed by atoms with Gasteiger partial charge in [0.25, 0.3) is 0 Å². The molecule has 4 nitrogen and oxygen atoms in total. The molecule has 1 atom stereocenters. The van der Waals surface area contributed by atoms with Gasteiger partial charge in [0.05, 0.1) is 13.7 Å². The molecule has 1 aliphatic rings. The summed E-state index contributed by atoms with van der Waals surface area (Å²) in [6, 6.07) is 0. The highest BCUT2D eigenvalue weighted by atomic mass is 16.5. The van der Waals surface area contributed by atoms with Gasteiger partial charge < -0.3 is 9.84 Å². The lowest BCUT2D eigenvalue weighted by Crippen LogP contribution is -2.52. The van der Waals surface area contributed by atoms with Gasteiger partial charge in [-0.3, -0.25) is 4.90 Å². The normalized spacial score (nSPS) is 30.6. The van der Waals surface area contributed by atoms with E-state index < -0.39 is 5.54 Å². The molecule has 4 heteroatoms. The van der Waals surface area contributed by atoms with Gasteiger partial charge in [-0.25, -0.2) is 4.79 Å². The van der Waals surface area contributed by atoms with E-state index in [1.807, 2.05) is 11.9 Å². The number of hydrogen-bond donors (Lipinski definition) is 1. The molecule has 0 aromatic heterocycles. The van der Waals surface area contributed by atoms with Crippen molar-refractivity contribution in [2.24, 2.45) is 0 Å². The van der Waals surface area contributed by atoms with Crippen molar-refractivity contribution in [1.82, 2.24) is 4.90 Å². The second-order valence-electron chi connectivity index (χ2n) is 3.21. The number of aliphatic hydroxyl groups is 1. The van der Waals surface area contributed by atoms with E-state index in [4.69, 9.17) is 5.11 Å². The first-order valence-corrected chi connectivity index (χ1v) is 4.08. The fourth-order valence-electron chi connectivity index (χ4n) is 1.73. The van der Waals surface area contributed by atoms with Gasteiger partial charge in [-0.1, -0.05) is 0 Å². The lowest BCUT2D eigenvalue weighted by atomic mass is 9.98. The van der Waals surface area contributed by atoms with Crippen LogP contribution in [0.5, 0.6) is 0 Å². The molecular weight excluding hydrogens is 158 g/mol. The van der Waals surface area contributed by atoms with Gasteiger partial charge >= 0.3 is 5.97 Å². The number of rotatable bonds is 2. The summed E-state index contributed by atoms with van der Waals surface area (Å²) in [6.45, 7) is 0.686. The van der Waals surface area contributed by atoms with Gasteiger partial charge in [0.1, 0.15) is 5.54 Å². The Balaban J connectivity index is 2.81. The molecule has 1 saturated heterocycles. The summed E-state index contributed by atoms with van der Waals surface area (Å²) in [4.78, 5) is 13.2. The minimum Gasteiger partial charge on any atom is -0.468 e. The summed E-state index contributed by atoms with van der Waals surface area (Å²) in [5.41, 5.74) is -0.769. The predicted octanol–water partition coefficient (Wildman–Crippen LogP) is -0.384. The van der Waals surface area contributed by atoms with Crippen molar-refractivity contribution in [3.63, 3.8) is 0 Å². The van der Waals surface area contributed by atoms with E-state index in [2.05, 4.69) is 4.74 Å². The van der Waals surface area contributed by atoms with Crippen molar-refractivity contribution in [3.8, 4) is 0 Å². The van der Waals surface area contributed by atoms with Crippen molar-refractivity contribution in [2.75, 3.05) is 27.3 Å². The largest absolute Gasteiger partial charge is 0.468 e. The maximum Gasteiger partial charge on any atom is 0.328 e. The van der Waals surface area contributed by atoms with Gasteiger partial charge in [-0.2, -0.15) is 0 Å². The third kappa shape index (κ3) is 1.21. The van der Waals surface area contributed by atoms with Gasteiger partial charge in [0, 0.05) is 0 Å². The molecule has 0 bridgehead atoms. The Hall–Kier alpha value is -0.610. The number of nitrogens with zero attached hydrogens (tertiary/aromatic N) is 1. The number of aliphatic hydroxyl groups excluding tert-OH is 1. The van der Waals surface area contributed by atoms with Crippen molar-refractivity contribution in [3.05, 3.63) is 0 Å². The Morgan fingerprint density at radius 2 is 2.42 bits per heavy atom. The second-order valence-corrected chi connectivity index (χ2v) is 3.21. The van der Waals surface area contributed by atoms with Gasteiger partial charge in [-0.15, -0.1) is 0 Å². The Morgan fingerprint density at radius 3 is 2.75 bits per heavy atom. The average molecular weight is 173 g/mol. The van der Waals surface area contributed by atoms with Crippen LogP contribution in [0.25, 0.3) is 0 Å². The number of methoxy groups -OCH3 is 1. The minimum absolute atomic E-state index is 0.157. The monoisotopic (exact) mass is 173 g/mol. The fraction of sp³-hybridized carbons (Fsp3) is 0.875. The van der Waals surface area contributed by atoms with Crippen LogP contribution in [0, 0.1) is 0 Å². The highest BCUT2D eigenvalue weighted by Gasteiger charge is 2.46. The molecule has 1 rings (SSSR count). The van der Waals surface area contributed by atoms with Crippen LogP contribution < -0.4 is 0 Å². The Kier molecular flexibility index (Phi) is 2.69. The SMILES string of the molecule is COC(=O)C1(CO)CCCN1C. The van der Waals surface area contributed by atoms with Gasteiger partial charge in [0.2, 0.25) is 0 Å². The molecule has 1 heterocycles. The molecule has 0 saturated carbocycles. The molecule has 1 fully saturated rings. The lowest BCUT2D eigenvalue weighted by Gasteiger charge is -2.30. The summed E-state index contributed by atoms with van der Waals surface area (Å²) >= 11 is 0. The summed E-state index contributed by atoms with van der Waals surface area (Å²) < 4.78 is 4.66. The van der Waals surface area contributed by atoms with E-state index in [1.165, 1.54) is 7.11 Å². The maximum absolute atomic E-state index is 11.4. The van der Waals surface area contributed by atoms with Crippen LogP contribution in [-0.2, 0) is 9.53 Å². The van der Waals surface area contributed by atoms with E-state index in [9.17, 15) is 4.79 Å². The van der Waals surface area contributed by atoms with Crippen LogP contribution in [-0.4, -0.2) is 48.8 Å². The average Bonchev–Trinajstić information content (AvgIpc) is 2.46. The lowest BCUT2D eigenvalue weighted by molar-refractivity contribution is -0.155. The van der Waals surface area contributed by atoms with E-state index in [1.54, 1.807) is 0 Å². The fourth-order valence-corrected chi connectivity index (χ4v) is 1.73. The number of esters is 1. The van der Waals surface area contributed by atoms with Crippen molar-refractivity contribution >= 4 is 5.97 Å². The second kappa shape index (κ2) is 3.41. The van der Waals surface area contributed by atoms with Crippen molar-refractivity contribution in [2.45, 2.75) is 18.4 Å². The molecule has 0 aromatic carbocycles. The third-order valence-electron chi connectivity index (χ3n) is 2.64. The van der Waals surface area contributed by atoms with Crippen molar-refractivity contribution < 1.29 is 14.6 Å². The summed E-state index contributed by atoms with van der Waals surface area (Å²) in [5.74, 6) is -0.329. The van der Waals surface area contributed by atoms with Gasteiger partial charge in [-0.05, 0) is 26.4 Å². The standard InChI is InChI=1S/C8H15NO3/c1-9-5-3-4-8(9,6-10)7(11)12-2/h10H,3-6H2,1-2H3. The first kappa shape index (κ1) is 9.48. The zero-order valence-electron chi connectivity index (χ0n) is 7.54. The topological polar surface area (TPSA) is 49.8 Å². The number of likely N-dealkylation sites (tertiary alicyclic amines) is 1. The number of likely N-dealkylation sites (N-methyl/N-ethyl adjacent to an activating group) is 1. The minimum atomic E-state index is -0.769. The molecular formula is C8H15NO3. The number of carbonyl (C=O) groups excluding carboxylic acids is 1. The zero-order chi connectivity index (χ0) is 9.19. The zero-order valence-corrected chi connectivity index (χ0v) is 7.54. The highest BCUT2D eigenvalue weighted by Crippen LogP contribution is 2.28. The summed E-state index contributed by atoms with van der Waals surface area (Å²) in [7, 11) is 3.19. The molecule has 0 aliphatic carbocycles. The van der Waals surface area contributed by atoms with Crippen LogP contribution in [0.15, 0.2) is 0 Å². The van der Waals surface area contributed by atoms with Crippen molar-refractivity contribution in [1.29, 1.82) is 0 Å². The van der Waals surface area contributed by atoms with Gasteiger partial charge in [0.15, 0.2) is 0 Å². The van der Waals surface area contributed by atoms with Crippen LogP contribution >= 0.6 is 0 Å². The van der Waals surface area contributed by atoms with E-state index >= 15 is 0 Å². The van der Waals surface area contributed by atoms with Crippen LogP contribution in [0.1, 0.15) is 12.8 Å². The van der Waals surface area contributed by atoms with E-state index in [0.29, 0.717) is 6.42 Å². The Bertz CT molecular complexity index is 183. The predicted molar refractivity (Wildman–Crippen MR) is 43.7 cm³/mol. The van der Waals surface area contributed by atoms with Crippen LogP contribution in [0.3, 0.4) is 0 Å². The Morgan fingerprint density at radius 1 is 1.75 bits per heavy atom. The summed E-state index contributed by atoms with van der Waals surface area (Å²) in [6.07, 6.45) is 1.62. The van der Waals surface area contributed by atoms with Crippen LogP contribution in [0.4, 0.5) is 0 Å². The maximum atomic E-state index is 11.4. The number of hydrogen-bond acceptors (Lipinski definition) is 4. The number of ether oxygens (including phenoxy) is 1. The number of carbonyl (C=O) groups is 1. The third-order valence-corrected chi connectivity index (χ3v) is 2.64. The van der Waals surface area contributed by atoms with E-state index in [-0.39, 0.29) is 12.6 Å². The first-order valence-electron chi connectivity index (χ1n) is 4.08. The molecule has 1 N–H and O–H groups in total.